The highest BCUT2D eigenvalue weighted by molar-refractivity contribution is 7.25. The monoisotopic (exact) mass is 667 g/mol. The molecule has 11 aromatic rings. The summed E-state index contributed by atoms with van der Waals surface area (Å²) in [5, 5.41) is 12.3. The molecule has 0 aliphatic heterocycles. The van der Waals surface area contributed by atoms with Gasteiger partial charge in [-0.2, -0.15) is 0 Å². The van der Waals surface area contributed by atoms with Gasteiger partial charge in [0.1, 0.15) is 11.2 Å². The van der Waals surface area contributed by atoms with Crippen molar-refractivity contribution < 1.29 is 4.42 Å². The Morgan fingerprint density at radius 1 is 0.353 bits per heavy atom. The second-order valence-corrected chi connectivity index (χ2v) is 14.4. The van der Waals surface area contributed by atoms with Crippen molar-refractivity contribution in [2.75, 3.05) is 4.90 Å². The van der Waals surface area contributed by atoms with Gasteiger partial charge in [-0.15, -0.1) is 11.3 Å². The molecule has 0 fully saturated rings. The summed E-state index contributed by atoms with van der Waals surface area (Å²) >= 11 is 1.86. The third-order valence-electron chi connectivity index (χ3n) is 10.4. The maximum atomic E-state index is 6.72. The smallest absolute Gasteiger partial charge is 0.137 e. The van der Waals surface area contributed by atoms with E-state index in [2.05, 4.69) is 181 Å². The molecule has 0 unspecified atom stereocenters. The first-order valence-corrected chi connectivity index (χ1v) is 18.1. The van der Waals surface area contributed by atoms with Gasteiger partial charge in [0.2, 0.25) is 0 Å². The summed E-state index contributed by atoms with van der Waals surface area (Å²) in [6, 6.07) is 63.7. The van der Waals surface area contributed by atoms with Crippen molar-refractivity contribution in [2.24, 2.45) is 0 Å². The number of hydrogen-bond acceptors (Lipinski definition) is 3. The zero-order chi connectivity index (χ0) is 33.5. The summed E-state index contributed by atoms with van der Waals surface area (Å²) in [4.78, 5) is 2.35. The van der Waals surface area contributed by atoms with Crippen molar-refractivity contribution in [1.29, 1.82) is 0 Å². The number of benzene rings is 9. The van der Waals surface area contributed by atoms with Gasteiger partial charge in [0.15, 0.2) is 0 Å². The summed E-state index contributed by atoms with van der Waals surface area (Å²) in [6.07, 6.45) is 0. The third kappa shape index (κ3) is 4.42. The van der Waals surface area contributed by atoms with Crippen molar-refractivity contribution in [2.45, 2.75) is 0 Å². The standard InChI is InChI=1S/C48H29NOS/c1-2-11-32-27-34(22-21-30(32)9-1)49(35-23-25-38-33(28-35)20-19-31-10-3-4-12-37(31)38)36-24-26-41-44(29-36)50-43-16-7-14-39(47(41)43)40-15-8-18-46-48(40)42-13-5-6-17-45(42)51-46/h1-29H. The molecule has 238 valence electrons. The highest BCUT2D eigenvalue weighted by atomic mass is 32.1. The Bertz CT molecular complexity index is 3170. The minimum atomic E-state index is 0.870. The van der Waals surface area contributed by atoms with Crippen molar-refractivity contribution >= 4 is 103 Å². The summed E-state index contributed by atoms with van der Waals surface area (Å²) < 4.78 is 9.33. The third-order valence-corrected chi connectivity index (χ3v) is 11.5. The molecule has 9 aromatic carbocycles. The Morgan fingerprint density at radius 3 is 1.82 bits per heavy atom. The fraction of sp³-hybridized carbons (Fsp3) is 0. The number of nitrogens with zero attached hydrogens (tertiary/aromatic N) is 1. The molecule has 0 radical (unpaired) electrons. The van der Waals surface area contributed by atoms with E-state index < -0.39 is 0 Å². The molecule has 0 bridgehead atoms. The Morgan fingerprint density at radius 2 is 0.941 bits per heavy atom. The van der Waals surface area contributed by atoms with Crippen LogP contribution in [0.2, 0.25) is 0 Å². The van der Waals surface area contributed by atoms with E-state index in [0.717, 1.165) is 39.0 Å². The number of thiophene rings is 1. The molecule has 3 heteroatoms. The molecule has 0 saturated heterocycles. The number of fused-ring (bicyclic) bond motifs is 10. The van der Waals surface area contributed by atoms with Crippen LogP contribution < -0.4 is 4.90 Å². The fourth-order valence-corrected chi connectivity index (χ4v) is 9.21. The summed E-state index contributed by atoms with van der Waals surface area (Å²) in [5.74, 6) is 0. The van der Waals surface area contributed by atoms with Crippen LogP contribution in [0, 0.1) is 0 Å². The predicted molar refractivity (Wildman–Crippen MR) is 219 cm³/mol. The molecule has 0 aliphatic rings. The van der Waals surface area contributed by atoms with E-state index >= 15 is 0 Å². The highest BCUT2D eigenvalue weighted by Crippen LogP contribution is 2.46. The highest BCUT2D eigenvalue weighted by Gasteiger charge is 2.20. The second kappa shape index (κ2) is 11.0. The minimum Gasteiger partial charge on any atom is -0.456 e. The van der Waals surface area contributed by atoms with E-state index in [1.165, 1.54) is 63.6 Å². The van der Waals surface area contributed by atoms with Crippen LogP contribution in [0.3, 0.4) is 0 Å². The lowest BCUT2D eigenvalue weighted by Crippen LogP contribution is -2.09. The second-order valence-electron chi connectivity index (χ2n) is 13.3. The average molecular weight is 668 g/mol. The van der Waals surface area contributed by atoms with Gasteiger partial charge in [-0.1, -0.05) is 115 Å². The molecule has 11 rings (SSSR count). The van der Waals surface area contributed by atoms with Crippen molar-refractivity contribution in [3.05, 3.63) is 176 Å². The Hall–Kier alpha value is -6.42. The van der Waals surface area contributed by atoms with E-state index in [-0.39, 0.29) is 0 Å². The normalized spacial score (nSPS) is 11.9. The maximum Gasteiger partial charge on any atom is 0.137 e. The lowest BCUT2D eigenvalue weighted by molar-refractivity contribution is 0.669. The van der Waals surface area contributed by atoms with Gasteiger partial charge in [-0.3, -0.25) is 0 Å². The van der Waals surface area contributed by atoms with E-state index in [0.29, 0.717) is 0 Å². The topological polar surface area (TPSA) is 16.4 Å². The summed E-state index contributed by atoms with van der Waals surface area (Å²) in [7, 11) is 0. The van der Waals surface area contributed by atoms with Crippen LogP contribution in [-0.2, 0) is 0 Å². The molecule has 0 atom stereocenters. The Balaban J connectivity index is 1.12. The van der Waals surface area contributed by atoms with Gasteiger partial charge in [0, 0.05) is 54.1 Å². The molecule has 0 spiro atoms. The van der Waals surface area contributed by atoms with Gasteiger partial charge < -0.3 is 9.32 Å². The maximum absolute atomic E-state index is 6.72. The first kappa shape index (κ1) is 28.4. The van der Waals surface area contributed by atoms with Crippen LogP contribution in [0.15, 0.2) is 180 Å². The number of anilines is 3. The van der Waals surface area contributed by atoms with Crippen molar-refractivity contribution in [1.82, 2.24) is 0 Å². The molecule has 2 heterocycles. The molecule has 51 heavy (non-hydrogen) atoms. The molecule has 0 aliphatic carbocycles. The quantitative estimate of drug-likeness (QED) is 0.174. The van der Waals surface area contributed by atoms with Gasteiger partial charge in [-0.05, 0) is 98.0 Å². The summed E-state index contributed by atoms with van der Waals surface area (Å²) in [5.41, 5.74) is 7.44. The van der Waals surface area contributed by atoms with Crippen molar-refractivity contribution in [3.63, 3.8) is 0 Å². The van der Waals surface area contributed by atoms with E-state index in [9.17, 15) is 0 Å². The predicted octanol–water partition coefficient (Wildman–Crippen LogP) is 14.6. The van der Waals surface area contributed by atoms with Crippen LogP contribution in [0.1, 0.15) is 0 Å². The zero-order valence-electron chi connectivity index (χ0n) is 27.5. The number of furan rings is 1. The Kier molecular flexibility index (Phi) is 6.16. The van der Waals surface area contributed by atoms with Crippen LogP contribution >= 0.6 is 11.3 Å². The molecule has 2 aromatic heterocycles. The molecular formula is C48H29NOS. The molecular weight excluding hydrogens is 639 g/mol. The van der Waals surface area contributed by atoms with E-state index in [1.54, 1.807) is 0 Å². The molecule has 0 saturated carbocycles. The number of rotatable bonds is 4. The lowest BCUT2D eigenvalue weighted by Gasteiger charge is -2.26. The molecule has 0 N–H and O–H groups in total. The van der Waals surface area contributed by atoms with Crippen molar-refractivity contribution in [3.8, 4) is 11.1 Å². The van der Waals surface area contributed by atoms with E-state index in [1.807, 2.05) is 11.3 Å². The van der Waals surface area contributed by atoms with Gasteiger partial charge >= 0.3 is 0 Å². The van der Waals surface area contributed by atoms with Gasteiger partial charge in [-0.25, -0.2) is 0 Å². The van der Waals surface area contributed by atoms with Gasteiger partial charge in [0.05, 0.1) is 0 Å². The average Bonchev–Trinajstić information content (AvgIpc) is 3.76. The lowest BCUT2D eigenvalue weighted by atomic mass is 9.95. The van der Waals surface area contributed by atoms with Crippen LogP contribution in [0.5, 0.6) is 0 Å². The Labute approximate surface area is 298 Å². The van der Waals surface area contributed by atoms with Crippen LogP contribution in [0.4, 0.5) is 17.1 Å². The first-order valence-electron chi connectivity index (χ1n) is 17.3. The zero-order valence-corrected chi connectivity index (χ0v) is 28.3. The SMILES string of the molecule is c1ccc2cc(N(c3ccc4c(ccc5ccccc54)c3)c3ccc4c(c3)oc3cccc(-c5cccc6sc7ccccc7c56)c34)ccc2c1. The molecule has 2 nitrogen and oxygen atoms in total. The first-order chi connectivity index (χ1) is 25.3. The largest absolute Gasteiger partial charge is 0.456 e. The van der Waals surface area contributed by atoms with Gasteiger partial charge in [0.25, 0.3) is 0 Å². The van der Waals surface area contributed by atoms with Crippen LogP contribution in [-0.4, -0.2) is 0 Å². The summed E-state index contributed by atoms with van der Waals surface area (Å²) in [6.45, 7) is 0. The number of hydrogen-bond donors (Lipinski definition) is 0. The van der Waals surface area contributed by atoms with E-state index in [4.69, 9.17) is 4.42 Å². The molecule has 0 amide bonds. The minimum absolute atomic E-state index is 0.870. The van der Waals surface area contributed by atoms with Crippen LogP contribution in [0.25, 0.3) is 85.6 Å². The fourth-order valence-electron chi connectivity index (χ4n) is 8.08.